The van der Waals surface area contributed by atoms with Crippen LogP contribution in [0.4, 0.5) is 43.9 Å². The van der Waals surface area contributed by atoms with Gasteiger partial charge in [-0.25, -0.2) is 0 Å². The van der Waals surface area contributed by atoms with Crippen LogP contribution in [0.3, 0.4) is 0 Å². The summed E-state index contributed by atoms with van der Waals surface area (Å²) in [6.45, 7) is 4.76. The topological polar surface area (TPSA) is 41.5 Å². The molecule has 3 nitrogen and oxygen atoms in total. The predicted octanol–water partition coefficient (Wildman–Crippen LogP) is 8.67. The van der Waals surface area contributed by atoms with E-state index >= 15 is 0 Å². The first-order valence-corrected chi connectivity index (χ1v) is 12.4. The molecule has 0 radical (unpaired) electrons. The SMILES string of the molecule is CC(C)(C)c1cccc(Oc2cccc(C(NC[C@@H](O)C(F)(F)F)c3cccc(C(F)(F)C(F)(F)C(F)(F)F)c3)c2)c1. The van der Waals surface area contributed by atoms with Crippen LogP contribution in [-0.4, -0.2) is 36.0 Å². The van der Waals surface area contributed by atoms with Gasteiger partial charge in [0.15, 0.2) is 6.10 Å². The lowest BCUT2D eigenvalue weighted by molar-refractivity contribution is -0.359. The van der Waals surface area contributed by atoms with Crippen molar-refractivity contribution in [1.82, 2.24) is 5.32 Å². The molecule has 42 heavy (non-hydrogen) atoms. The number of hydrogen-bond acceptors (Lipinski definition) is 3. The van der Waals surface area contributed by atoms with Gasteiger partial charge >= 0.3 is 24.2 Å². The van der Waals surface area contributed by atoms with E-state index in [1.807, 2.05) is 26.8 Å². The molecule has 2 N–H and O–H groups in total. The highest BCUT2D eigenvalue weighted by atomic mass is 19.4. The lowest BCUT2D eigenvalue weighted by Crippen LogP contribution is -2.50. The monoisotopic (exact) mass is 611 g/mol. The van der Waals surface area contributed by atoms with Crippen LogP contribution >= 0.6 is 0 Å². The van der Waals surface area contributed by atoms with Crippen LogP contribution in [0.1, 0.15) is 49.1 Å². The molecule has 230 valence electrons. The summed E-state index contributed by atoms with van der Waals surface area (Å²) in [6, 6.07) is 13.7. The number of alkyl halides is 10. The number of halogens is 10. The fraction of sp³-hybridized carbons (Fsp3) is 0.379. The summed E-state index contributed by atoms with van der Waals surface area (Å²) in [6.07, 6.45) is -14.6. The molecule has 3 aromatic carbocycles. The molecule has 0 fully saturated rings. The fourth-order valence-corrected chi connectivity index (χ4v) is 3.97. The van der Waals surface area contributed by atoms with Crippen LogP contribution in [0, 0.1) is 0 Å². The van der Waals surface area contributed by atoms with Gasteiger partial charge in [0.2, 0.25) is 0 Å². The molecule has 13 heteroatoms. The van der Waals surface area contributed by atoms with Crippen LogP contribution < -0.4 is 10.1 Å². The van der Waals surface area contributed by atoms with Crippen LogP contribution in [0.15, 0.2) is 72.8 Å². The number of aliphatic hydroxyl groups excluding tert-OH is 1. The fourth-order valence-electron chi connectivity index (χ4n) is 3.97. The maximum Gasteiger partial charge on any atom is 0.460 e. The maximum absolute atomic E-state index is 14.5. The van der Waals surface area contributed by atoms with Gasteiger partial charge in [-0.3, -0.25) is 0 Å². The zero-order valence-corrected chi connectivity index (χ0v) is 22.4. The number of rotatable bonds is 9. The summed E-state index contributed by atoms with van der Waals surface area (Å²) in [5, 5.41) is 11.8. The van der Waals surface area contributed by atoms with Gasteiger partial charge in [-0.2, -0.15) is 43.9 Å². The van der Waals surface area contributed by atoms with Gasteiger partial charge < -0.3 is 15.2 Å². The van der Waals surface area contributed by atoms with Crippen LogP contribution in [-0.2, 0) is 11.3 Å². The molecule has 2 atom stereocenters. The van der Waals surface area contributed by atoms with Gasteiger partial charge in [0.05, 0.1) is 6.04 Å². The number of ether oxygens (including phenoxy) is 1. The van der Waals surface area contributed by atoms with Crippen molar-refractivity contribution in [3.05, 3.63) is 95.1 Å². The minimum Gasteiger partial charge on any atom is -0.457 e. The second kappa shape index (κ2) is 11.8. The van der Waals surface area contributed by atoms with E-state index < -0.39 is 48.5 Å². The predicted molar refractivity (Wildman–Crippen MR) is 135 cm³/mol. The average Bonchev–Trinajstić information content (AvgIpc) is 2.87. The number of nitrogens with one attached hydrogen (secondary N) is 1. The van der Waals surface area contributed by atoms with Crippen molar-refractivity contribution in [2.45, 2.75) is 62.5 Å². The van der Waals surface area contributed by atoms with Crippen molar-refractivity contribution >= 4 is 0 Å². The molecule has 0 heterocycles. The summed E-state index contributed by atoms with van der Waals surface area (Å²) in [5.41, 5.74) is -1.31. The van der Waals surface area contributed by atoms with Gasteiger partial charge in [0, 0.05) is 12.1 Å². The maximum atomic E-state index is 14.5. The largest absolute Gasteiger partial charge is 0.460 e. The third-order valence-electron chi connectivity index (χ3n) is 6.35. The van der Waals surface area contributed by atoms with Crippen molar-refractivity contribution in [3.8, 4) is 11.5 Å². The summed E-state index contributed by atoms with van der Waals surface area (Å²) in [7, 11) is 0. The molecule has 0 spiro atoms. The van der Waals surface area contributed by atoms with E-state index in [0.29, 0.717) is 17.9 Å². The van der Waals surface area contributed by atoms with E-state index in [2.05, 4.69) is 5.32 Å². The van der Waals surface area contributed by atoms with Crippen LogP contribution in [0.5, 0.6) is 11.5 Å². The van der Waals surface area contributed by atoms with Crippen molar-refractivity contribution in [1.29, 1.82) is 0 Å². The molecule has 0 bridgehead atoms. The van der Waals surface area contributed by atoms with Gasteiger partial charge in [-0.05, 0) is 52.4 Å². The Morgan fingerprint density at radius 2 is 1.19 bits per heavy atom. The van der Waals surface area contributed by atoms with E-state index in [-0.39, 0.29) is 22.3 Å². The minimum absolute atomic E-state index is 0.0805. The lowest BCUT2D eigenvalue weighted by Gasteiger charge is -2.29. The lowest BCUT2D eigenvalue weighted by atomic mass is 9.87. The number of aliphatic hydroxyl groups is 1. The normalized spacial score (nSPS) is 14.9. The molecule has 3 aromatic rings. The smallest absolute Gasteiger partial charge is 0.457 e. The van der Waals surface area contributed by atoms with Crippen molar-refractivity contribution in [2.75, 3.05) is 6.54 Å². The molecular weight excluding hydrogens is 584 g/mol. The van der Waals surface area contributed by atoms with Crippen LogP contribution in [0.2, 0.25) is 0 Å². The second-order valence-corrected chi connectivity index (χ2v) is 10.6. The van der Waals surface area contributed by atoms with E-state index in [4.69, 9.17) is 4.74 Å². The molecule has 0 aliphatic rings. The molecular formula is C29H27F10NO2. The van der Waals surface area contributed by atoms with E-state index in [1.54, 1.807) is 18.2 Å². The first-order valence-electron chi connectivity index (χ1n) is 12.4. The standard InChI is InChI=1S/C29H27F10NO2/c1-25(2,3)19-9-6-12-22(15-19)42-21-11-5-8-18(14-21)24(40-16-23(41)27(32,33)34)17-7-4-10-20(13-17)26(30,31)28(35,36)29(37,38)39/h4-15,23-24,40-41H,16H2,1-3H3/t23-,24?/m1/s1. The molecule has 1 unspecified atom stereocenters. The Morgan fingerprint density at radius 3 is 1.74 bits per heavy atom. The summed E-state index contributed by atoms with van der Waals surface area (Å²) < 4.78 is 140. The average molecular weight is 612 g/mol. The summed E-state index contributed by atoms with van der Waals surface area (Å²) in [5.74, 6) is -11.6. The Balaban J connectivity index is 2.04. The van der Waals surface area contributed by atoms with Crippen molar-refractivity contribution in [3.63, 3.8) is 0 Å². The second-order valence-electron chi connectivity index (χ2n) is 10.6. The van der Waals surface area contributed by atoms with Crippen LogP contribution in [0.25, 0.3) is 0 Å². The van der Waals surface area contributed by atoms with E-state index in [1.165, 1.54) is 24.3 Å². The Bertz CT molecular complexity index is 1360. The van der Waals surface area contributed by atoms with Gasteiger partial charge in [-0.15, -0.1) is 0 Å². The number of hydrogen-bond donors (Lipinski definition) is 2. The number of benzene rings is 3. The molecule has 0 aliphatic carbocycles. The van der Waals surface area contributed by atoms with Gasteiger partial charge in [0.25, 0.3) is 0 Å². The van der Waals surface area contributed by atoms with Gasteiger partial charge in [0.1, 0.15) is 11.5 Å². The first kappa shape index (κ1) is 33.2. The zero-order valence-electron chi connectivity index (χ0n) is 22.4. The Morgan fingerprint density at radius 1 is 0.690 bits per heavy atom. The first-order chi connectivity index (χ1) is 19.1. The Hall–Kier alpha value is -3.32. The Labute approximate surface area is 235 Å². The molecule has 0 aromatic heterocycles. The molecule has 0 saturated carbocycles. The van der Waals surface area contributed by atoms with Crippen molar-refractivity contribution < 1.29 is 53.7 Å². The van der Waals surface area contributed by atoms with E-state index in [0.717, 1.165) is 17.7 Å². The van der Waals surface area contributed by atoms with Gasteiger partial charge in [-0.1, -0.05) is 63.2 Å². The van der Waals surface area contributed by atoms with Crippen molar-refractivity contribution in [2.24, 2.45) is 0 Å². The molecule has 0 aliphatic heterocycles. The zero-order chi connectivity index (χ0) is 31.7. The Kier molecular flexibility index (Phi) is 9.29. The molecule has 0 saturated heterocycles. The minimum atomic E-state index is -6.59. The quantitative estimate of drug-likeness (QED) is 0.238. The highest BCUT2D eigenvalue weighted by molar-refractivity contribution is 5.42. The summed E-state index contributed by atoms with van der Waals surface area (Å²) >= 11 is 0. The molecule has 3 rings (SSSR count). The highest BCUT2D eigenvalue weighted by Crippen LogP contribution is 2.52. The van der Waals surface area contributed by atoms with E-state index in [9.17, 15) is 49.0 Å². The third kappa shape index (κ3) is 7.35. The third-order valence-corrected chi connectivity index (χ3v) is 6.35. The highest BCUT2D eigenvalue weighted by Gasteiger charge is 2.73. The summed E-state index contributed by atoms with van der Waals surface area (Å²) in [4.78, 5) is 0. The molecule has 0 amide bonds.